The van der Waals surface area contributed by atoms with Gasteiger partial charge in [0.2, 0.25) is 0 Å². The molecule has 1 heterocycles. The van der Waals surface area contributed by atoms with Crippen LogP contribution in [0.15, 0.2) is 36.5 Å². The zero-order valence-electron chi connectivity index (χ0n) is 18.2. The summed E-state index contributed by atoms with van der Waals surface area (Å²) in [5.74, 6) is -0.328. The van der Waals surface area contributed by atoms with Crippen molar-refractivity contribution < 1.29 is 14.7 Å². The fraction of sp³-hybridized carbons (Fsp3) is 0.320. The second kappa shape index (κ2) is 8.47. The molecule has 0 spiro atoms. The number of aromatic nitrogens is 1. The smallest absolute Gasteiger partial charge is 0.198 e. The average Bonchev–Trinajstić information content (AvgIpc) is 2.78. The van der Waals surface area contributed by atoms with Crippen LogP contribution in [0.3, 0.4) is 0 Å². The monoisotopic (exact) mass is 417 g/mol. The molecule has 1 aliphatic carbocycles. The quantitative estimate of drug-likeness (QED) is 0.439. The number of rotatable bonds is 7. The maximum Gasteiger partial charge on any atom is 0.198 e. The van der Waals surface area contributed by atoms with Crippen molar-refractivity contribution in [2.24, 2.45) is 0 Å². The molecule has 0 fully saturated rings. The highest BCUT2D eigenvalue weighted by Crippen LogP contribution is 2.40. The Hall–Kier alpha value is -3.25. The van der Waals surface area contributed by atoms with Gasteiger partial charge in [0, 0.05) is 29.3 Å². The van der Waals surface area contributed by atoms with Crippen LogP contribution in [-0.2, 0) is 0 Å². The molecule has 160 valence electrons. The predicted molar refractivity (Wildman–Crippen MR) is 122 cm³/mol. The number of ketones is 2. The summed E-state index contributed by atoms with van der Waals surface area (Å²) in [7, 11) is 0. The van der Waals surface area contributed by atoms with E-state index in [1.54, 1.807) is 31.3 Å². The number of aromatic hydroxyl groups is 1. The van der Waals surface area contributed by atoms with E-state index >= 15 is 0 Å². The number of benzene rings is 2. The lowest BCUT2D eigenvalue weighted by atomic mass is 9.81. The van der Waals surface area contributed by atoms with Crippen molar-refractivity contribution in [2.45, 2.75) is 27.2 Å². The van der Waals surface area contributed by atoms with E-state index in [2.05, 4.69) is 29.0 Å². The van der Waals surface area contributed by atoms with E-state index in [-0.39, 0.29) is 28.4 Å². The lowest BCUT2D eigenvalue weighted by Crippen LogP contribution is -2.27. The zero-order chi connectivity index (χ0) is 22.1. The van der Waals surface area contributed by atoms with Crippen LogP contribution in [0.5, 0.6) is 5.75 Å². The van der Waals surface area contributed by atoms with Crippen LogP contribution in [-0.4, -0.2) is 52.7 Å². The van der Waals surface area contributed by atoms with Gasteiger partial charge in [-0.05, 0) is 50.0 Å². The predicted octanol–water partition coefficient (Wildman–Crippen LogP) is 4.17. The van der Waals surface area contributed by atoms with Gasteiger partial charge >= 0.3 is 0 Å². The standard InChI is InChI=1S/C25H27N3O3/c1-4-28(5-2)12-8-11-26-25-21-19(15(3)14-27-25)24(31)20-18(23(21)30)13-16-9-6-7-10-17(16)22(20)29/h6-7,9-10,13-14,29H,4-5,8,11-12H2,1-3H3,(H,26,27). The molecule has 0 atom stereocenters. The summed E-state index contributed by atoms with van der Waals surface area (Å²) in [6, 6.07) is 8.91. The number of phenols is 1. The van der Waals surface area contributed by atoms with Gasteiger partial charge in [-0.1, -0.05) is 38.1 Å². The number of nitrogens with zero attached hydrogens (tertiary/aromatic N) is 2. The van der Waals surface area contributed by atoms with Gasteiger partial charge in [0.05, 0.1) is 11.1 Å². The Morgan fingerprint density at radius 2 is 1.77 bits per heavy atom. The number of carbonyl (C=O) groups is 2. The van der Waals surface area contributed by atoms with Crippen LogP contribution >= 0.6 is 0 Å². The van der Waals surface area contributed by atoms with Crippen LogP contribution in [0.1, 0.15) is 57.7 Å². The molecule has 6 nitrogen and oxygen atoms in total. The molecule has 0 aliphatic heterocycles. The lowest BCUT2D eigenvalue weighted by Gasteiger charge is -2.23. The highest BCUT2D eigenvalue weighted by molar-refractivity contribution is 6.32. The van der Waals surface area contributed by atoms with E-state index in [0.717, 1.165) is 31.4 Å². The van der Waals surface area contributed by atoms with Gasteiger partial charge in [0.1, 0.15) is 11.6 Å². The van der Waals surface area contributed by atoms with Crippen LogP contribution in [0, 0.1) is 6.92 Å². The number of phenolic OH excluding ortho intramolecular Hbond substituents is 1. The molecule has 6 heteroatoms. The minimum atomic E-state index is -0.334. The van der Waals surface area contributed by atoms with Crippen molar-refractivity contribution in [3.8, 4) is 5.75 Å². The van der Waals surface area contributed by atoms with Crippen LogP contribution in [0.25, 0.3) is 10.8 Å². The Morgan fingerprint density at radius 3 is 2.52 bits per heavy atom. The number of pyridine rings is 1. The molecule has 31 heavy (non-hydrogen) atoms. The van der Waals surface area contributed by atoms with Crippen LogP contribution in [0.4, 0.5) is 5.82 Å². The first-order chi connectivity index (χ1) is 15.0. The Morgan fingerprint density at radius 1 is 1.03 bits per heavy atom. The van der Waals surface area contributed by atoms with Crippen molar-refractivity contribution in [1.82, 2.24) is 9.88 Å². The minimum Gasteiger partial charge on any atom is -0.507 e. The summed E-state index contributed by atoms with van der Waals surface area (Å²) >= 11 is 0. The fourth-order valence-electron chi connectivity index (χ4n) is 4.30. The summed E-state index contributed by atoms with van der Waals surface area (Å²) < 4.78 is 0. The maximum atomic E-state index is 13.5. The van der Waals surface area contributed by atoms with Crippen molar-refractivity contribution in [2.75, 3.05) is 31.5 Å². The fourth-order valence-corrected chi connectivity index (χ4v) is 4.30. The van der Waals surface area contributed by atoms with Crippen LogP contribution in [0.2, 0.25) is 0 Å². The molecule has 1 aliphatic rings. The first kappa shape index (κ1) is 21.0. The molecule has 0 radical (unpaired) electrons. The molecule has 0 saturated carbocycles. The first-order valence-corrected chi connectivity index (χ1v) is 10.8. The largest absolute Gasteiger partial charge is 0.507 e. The highest BCUT2D eigenvalue weighted by Gasteiger charge is 2.36. The van der Waals surface area contributed by atoms with Crippen molar-refractivity contribution in [1.29, 1.82) is 0 Å². The molecular formula is C25H27N3O3. The normalized spacial score (nSPS) is 12.9. The third-order valence-corrected chi connectivity index (χ3v) is 6.05. The van der Waals surface area contributed by atoms with Gasteiger partial charge in [0.25, 0.3) is 0 Å². The van der Waals surface area contributed by atoms with Gasteiger partial charge < -0.3 is 15.3 Å². The molecule has 0 saturated heterocycles. The topological polar surface area (TPSA) is 82.5 Å². The molecule has 0 unspecified atom stereocenters. The Labute approximate surface area is 181 Å². The number of anilines is 1. The van der Waals surface area contributed by atoms with E-state index in [9.17, 15) is 14.7 Å². The van der Waals surface area contributed by atoms with Crippen molar-refractivity contribution >= 4 is 28.2 Å². The lowest BCUT2D eigenvalue weighted by molar-refractivity contribution is 0.0976. The van der Waals surface area contributed by atoms with E-state index in [0.29, 0.717) is 34.4 Å². The molecule has 2 aromatic carbocycles. The maximum absolute atomic E-state index is 13.5. The summed E-state index contributed by atoms with van der Waals surface area (Å²) in [4.78, 5) is 33.7. The average molecular weight is 418 g/mol. The molecular weight excluding hydrogens is 390 g/mol. The van der Waals surface area contributed by atoms with Gasteiger partial charge in [-0.2, -0.15) is 0 Å². The molecule has 0 bridgehead atoms. The van der Waals surface area contributed by atoms with Gasteiger partial charge in [-0.3, -0.25) is 9.59 Å². The Bertz CT molecular complexity index is 1180. The van der Waals surface area contributed by atoms with Crippen LogP contribution < -0.4 is 5.32 Å². The summed E-state index contributed by atoms with van der Waals surface area (Å²) in [6.45, 7) is 9.63. The Kier molecular flexibility index (Phi) is 5.74. The number of carbonyl (C=O) groups excluding carboxylic acids is 2. The highest BCUT2D eigenvalue weighted by atomic mass is 16.3. The Balaban J connectivity index is 1.73. The van der Waals surface area contributed by atoms with E-state index in [1.807, 2.05) is 12.1 Å². The molecule has 0 amide bonds. The summed E-state index contributed by atoms with van der Waals surface area (Å²) in [5, 5.41) is 15.4. The van der Waals surface area contributed by atoms with Crippen molar-refractivity contribution in [3.05, 3.63) is 64.3 Å². The number of nitrogens with one attached hydrogen (secondary N) is 1. The third-order valence-electron chi connectivity index (χ3n) is 6.05. The van der Waals surface area contributed by atoms with E-state index in [4.69, 9.17) is 0 Å². The van der Waals surface area contributed by atoms with Crippen molar-refractivity contribution in [3.63, 3.8) is 0 Å². The number of hydrogen-bond acceptors (Lipinski definition) is 6. The molecule has 4 rings (SSSR count). The van der Waals surface area contributed by atoms with E-state index in [1.165, 1.54) is 0 Å². The summed E-state index contributed by atoms with van der Waals surface area (Å²) in [6.07, 6.45) is 2.51. The molecule has 3 aromatic rings. The number of aryl methyl sites for hydroxylation is 1. The second-order valence-electron chi connectivity index (χ2n) is 7.87. The van der Waals surface area contributed by atoms with Gasteiger partial charge in [-0.15, -0.1) is 0 Å². The van der Waals surface area contributed by atoms with Gasteiger partial charge in [-0.25, -0.2) is 4.98 Å². The first-order valence-electron chi connectivity index (χ1n) is 10.8. The van der Waals surface area contributed by atoms with Gasteiger partial charge in [0.15, 0.2) is 11.6 Å². The molecule has 2 N–H and O–H groups in total. The van der Waals surface area contributed by atoms with E-state index < -0.39 is 0 Å². The molecule has 1 aromatic heterocycles. The third kappa shape index (κ3) is 3.57. The minimum absolute atomic E-state index is 0.0815. The summed E-state index contributed by atoms with van der Waals surface area (Å²) in [5.41, 5.74) is 1.56. The number of hydrogen-bond donors (Lipinski definition) is 2. The zero-order valence-corrected chi connectivity index (χ0v) is 18.2. The number of fused-ring (bicyclic) bond motifs is 3. The SMILES string of the molecule is CCN(CC)CCCNc1ncc(C)c2c1C(=O)c1cc3ccccc3c(O)c1C2=O. The second-order valence-corrected chi connectivity index (χ2v) is 7.87.